The molecule has 0 saturated heterocycles. The summed E-state index contributed by atoms with van der Waals surface area (Å²) in [5, 5.41) is 6.27. The van der Waals surface area contributed by atoms with Crippen LogP contribution < -0.4 is 10.6 Å². The van der Waals surface area contributed by atoms with Crippen molar-refractivity contribution in [3.05, 3.63) is 35.6 Å². The summed E-state index contributed by atoms with van der Waals surface area (Å²) in [5.41, 5.74) is 1.20. The van der Waals surface area contributed by atoms with Gasteiger partial charge in [-0.15, -0.1) is 0 Å². The SMILES string of the molecule is CC(=O)NCCNC1CCCC1c1ccc(F)cc1. The van der Waals surface area contributed by atoms with Crippen LogP contribution in [0.15, 0.2) is 24.3 Å². The minimum atomic E-state index is -0.183. The molecule has 3 nitrogen and oxygen atoms in total. The second kappa shape index (κ2) is 6.66. The zero-order valence-electron chi connectivity index (χ0n) is 11.3. The predicted octanol–water partition coefficient (Wildman–Crippen LogP) is 2.19. The molecule has 0 bridgehead atoms. The Morgan fingerprint density at radius 3 is 2.68 bits per heavy atom. The Kier molecular flexibility index (Phi) is 4.91. The summed E-state index contributed by atoms with van der Waals surface area (Å²) >= 11 is 0. The first-order valence-corrected chi connectivity index (χ1v) is 6.90. The fourth-order valence-corrected chi connectivity index (χ4v) is 2.81. The van der Waals surface area contributed by atoms with Crippen LogP contribution in [0.25, 0.3) is 0 Å². The van der Waals surface area contributed by atoms with E-state index in [0.29, 0.717) is 18.5 Å². The molecule has 1 aliphatic rings. The highest BCUT2D eigenvalue weighted by molar-refractivity contribution is 5.72. The summed E-state index contributed by atoms with van der Waals surface area (Å²) in [5.74, 6) is 0.276. The van der Waals surface area contributed by atoms with E-state index in [2.05, 4.69) is 10.6 Å². The Hall–Kier alpha value is -1.42. The second-order valence-electron chi connectivity index (χ2n) is 5.13. The van der Waals surface area contributed by atoms with Gasteiger partial charge >= 0.3 is 0 Å². The number of benzene rings is 1. The van der Waals surface area contributed by atoms with Crippen LogP contribution in [0.4, 0.5) is 4.39 Å². The molecule has 2 unspecified atom stereocenters. The van der Waals surface area contributed by atoms with Crippen molar-refractivity contribution in [2.24, 2.45) is 0 Å². The van der Waals surface area contributed by atoms with E-state index < -0.39 is 0 Å². The van der Waals surface area contributed by atoms with Crippen LogP contribution in [-0.4, -0.2) is 25.0 Å². The number of amides is 1. The summed E-state index contributed by atoms with van der Waals surface area (Å²) in [6.45, 7) is 2.96. The van der Waals surface area contributed by atoms with Crippen molar-refractivity contribution in [2.45, 2.75) is 38.1 Å². The molecule has 19 heavy (non-hydrogen) atoms. The third kappa shape index (κ3) is 4.03. The average Bonchev–Trinajstić information content (AvgIpc) is 2.84. The van der Waals surface area contributed by atoms with Gasteiger partial charge in [-0.1, -0.05) is 18.6 Å². The summed E-state index contributed by atoms with van der Waals surface area (Å²) in [4.78, 5) is 10.8. The topological polar surface area (TPSA) is 41.1 Å². The number of hydrogen-bond donors (Lipinski definition) is 2. The lowest BCUT2D eigenvalue weighted by molar-refractivity contribution is -0.118. The molecule has 4 heteroatoms. The summed E-state index contributed by atoms with van der Waals surface area (Å²) in [6.07, 6.45) is 3.48. The van der Waals surface area contributed by atoms with Crippen molar-refractivity contribution in [1.29, 1.82) is 0 Å². The molecule has 104 valence electrons. The third-order valence-corrected chi connectivity index (χ3v) is 3.72. The van der Waals surface area contributed by atoms with Crippen LogP contribution in [-0.2, 0) is 4.79 Å². The molecule has 0 radical (unpaired) electrons. The molecule has 2 atom stereocenters. The van der Waals surface area contributed by atoms with Crippen molar-refractivity contribution >= 4 is 5.91 Å². The van der Waals surface area contributed by atoms with Crippen LogP contribution in [0.3, 0.4) is 0 Å². The van der Waals surface area contributed by atoms with Gasteiger partial charge in [0, 0.05) is 26.1 Å². The minimum Gasteiger partial charge on any atom is -0.355 e. The number of nitrogens with one attached hydrogen (secondary N) is 2. The smallest absolute Gasteiger partial charge is 0.216 e. The van der Waals surface area contributed by atoms with Gasteiger partial charge in [-0.05, 0) is 36.5 Å². The molecule has 1 saturated carbocycles. The quantitative estimate of drug-likeness (QED) is 0.800. The second-order valence-corrected chi connectivity index (χ2v) is 5.13. The van der Waals surface area contributed by atoms with Gasteiger partial charge in [0.05, 0.1) is 0 Å². The minimum absolute atomic E-state index is 0.00306. The predicted molar refractivity (Wildman–Crippen MR) is 73.5 cm³/mol. The number of carbonyl (C=O) groups is 1. The fourth-order valence-electron chi connectivity index (χ4n) is 2.81. The number of hydrogen-bond acceptors (Lipinski definition) is 2. The number of halogens is 1. The summed E-state index contributed by atoms with van der Waals surface area (Å²) in [7, 11) is 0. The molecule has 0 spiro atoms. The lowest BCUT2D eigenvalue weighted by Crippen LogP contribution is -2.37. The van der Waals surface area contributed by atoms with Crippen molar-refractivity contribution in [2.75, 3.05) is 13.1 Å². The van der Waals surface area contributed by atoms with Gasteiger partial charge in [0.2, 0.25) is 5.91 Å². The Balaban J connectivity index is 1.86. The van der Waals surface area contributed by atoms with E-state index >= 15 is 0 Å². The highest BCUT2D eigenvalue weighted by Gasteiger charge is 2.27. The van der Waals surface area contributed by atoms with E-state index in [0.717, 1.165) is 19.4 Å². The van der Waals surface area contributed by atoms with Crippen LogP contribution in [0, 0.1) is 5.82 Å². The van der Waals surface area contributed by atoms with Crippen LogP contribution in [0.1, 0.15) is 37.7 Å². The van der Waals surface area contributed by atoms with E-state index in [1.54, 1.807) is 0 Å². The van der Waals surface area contributed by atoms with Gasteiger partial charge in [0.25, 0.3) is 0 Å². The lowest BCUT2D eigenvalue weighted by atomic mass is 9.94. The van der Waals surface area contributed by atoms with Gasteiger partial charge in [-0.3, -0.25) is 4.79 Å². The van der Waals surface area contributed by atoms with E-state index in [9.17, 15) is 9.18 Å². The normalized spacial score (nSPS) is 22.4. The Morgan fingerprint density at radius 1 is 1.26 bits per heavy atom. The first-order chi connectivity index (χ1) is 9.16. The van der Waals surface area contributed by atoms with Crippen LogP contribution in [0.5, 0.6) is 0 Å². The zero-order chi connectivity index (χ0) is 13.7. The van der Waals surface area contributed by atoms with Gasteiger partial charge < -0.3 is 10.6 Å². The van der Waals surface area contributed by atoms with Gasteiger partial charge in [0.1, 0.15) is 5.82 Å². The highest BCUT2D eigenvalue weighted by Crippen LogP contribution is 2.34. The van der Waals surface area contributed by atoms with Crippen LogP contribution in [0.2, 0.25) is 0 Å². The number of rotatable bonds is 5. The molecule has 1 amide bonds. The van der Waals surface area contributed by atoms with E-state index in [1.165, 1.54) is 31.0 Å². The monoisotopic (exact) mass is 264 g/mol. The molecule has 1 fully saturated rings. The Bertz CT molecular complexity index is 419. The zero-order valence-corrected chi connectivity index (χ0v) is 11.3. The first kappa shape index (κ1) is 14.0. The largest absolute Gasteiger partial charge is 0.355 e. The van der Waals surface area contributed by atoms with Gasteiger partial charge in [-0.25, -0.2) is 4.39 Å². The van der Waals surface area contributed by atoms with E-state index in [-0.39, 0.29) is 11.7 Å². The molecule has 2 rings (SSSR count). The molecular weight excluding hydrogens is 243 g/mol. The maximum Gasteiger partial charge on any atom is 0.216 e. The fraction of sp³-hybridized carbons (Fsp3) is 0.533. The Labute approximate surface area is 113 Å². The van der Waals surface area contributed by atoms with Gasteiger partial charge in [0.15, 0.2) is 0 Å². The molecule has 2 N–H and O–H groups in total. The van der Waals surface area contributed by atoms with Gasteiger partial charge in [-0.2, -0.15) is 0 Å². The summed E-state index contributed by atoms with van der Waals surface area (Å²) < 4.78 is 12.9. The molecular formula is C15H21FN2O. The molecule has 0 aromatic heterocycles. The van der Waals surface area contributed by atoms with E-state index in [4.69, 9.17) is 0 Å². The maximum absolute atomic E-state index is 12.9. The van der Waals surface area contributed by atoms with Crippen molar-refractivity contribution in [1.82, 2.24) is 10.6 Å². The molecule has 1 aromatic carbocycles. The lowest BCUT2D eigenvalue weighted by Gasteiger charge is -2.21. The van der Waals surface area contributed by atoms with E-state index in [1.807, 2.05) is 12.1 Å². The molecule has 1 aromatic rings. The molecule has 1 aliphatic carbocycles. The first-order valence-electron chi connectivity index (χ1n) is 6.90. The van der Waals surface area contributed by atoms with Crippen molar-refractivity contribution in [3.8, 4) is 0 Å². The van der Waals surface area contributed by atoms with Crippen LogP contribution >= 0.6 is 0 Å². The Morgan fingerprint density at radius 2 is 2.00 bits per heavy atom. The molecule has 0 heterocycles. The number of carbonyl (C=O) groups excluding carboxylic acids is 1. The summed E-state index contributed by atoms with van der Waals surface area (Å²) in [6, 6.07) is 7.25. The molecule has 0 aliphatic heterocycles. The van der Waals surface area contributed by atoms with Crippen molar-refractivity contribution < 1.29 is 9.18 Å². The standard InChI is InChI=1S/C15H21FN2O/c1-11(19)17-9-10-18-15-4-2-3-14(15)12-5-7-13(16)8-6-12/h5-8,14-15,18H,2-4,9-10H2,1H3,(H,17,19). The average molecular weight is 264 g/mol. The highest BCUT2D eigenvalue weighted by atomic mass is 19.1. The van der Waals surface area contributed by atoms with Crippen molar-refractivity contribution in [3.63, 3.8) is 0 Å². The maximum atomic E-state index is 12.9. The third-order valence-electron chi connectivity index (χ3n) is 3.72.